The Morgan fingerprint density at radius 2 is 1.96 bits per heavy atom. The largest absolute Gasteiger partial charge is 0.495 e. The third kappa shape index (κ3) is 2.90. The van der Waals surface area contributed by atoms with Gasteiger partial charge in [0.2, 0.25) is 0 Å². The monoisotopic (exact) mass is 361 g/mol. The Bertz CT molecular complexity index is 830. The summed E-state index contributed by atoms with van der Waals surface area (Å²) in [5.41, 5.74) is 3.15. The molecule has 1 aliphatic heterocycles. The number of carbonyl (C=O) groups is 1. The Morgan fingerprint density at radius 3 is 2.67 bits per heavy atom. The van der Waals surface area contributed by atoms with E-state index in [0.717, 1.165) is 17.7 Å². The molecule has 0 fully saturated rings. The molecule has 0 radical (unpaired) electrons. The molecule has 0 unspecified atom stereocenters. The number of hydrogen-bond donors (Lipinski definition) is 0. The van der Waals surface area contributed by atoms with Crippen LogP contribution in [-0.4, -0.2) is 19.6 Å². The maximum absolute atomic E-state index is 12.9. The second-order valence-corrected chi connectivity index (χ2v) is 6.39. The first kappa shape index (κ1) is 16.9. The summed E-state index contributed by atoms with van der Waals surface area (Å²) in [6.45, 7) is 2.73. The van der Waals surface area contributed by atoms with Crippen molar-refractivity contribution < 1.29 is 9.53 Å². The van der Waals surface area contributed by atoms with Crippen molar-refractivity contribution in [2.24, 2.45) is 0 Å². The summed E-state index contributed by atoms with van der Waals surface area (Å²) in [6.07, 6.45) is 2.69. The van der Waals surface area contributed by atoms with Crippen LogP contribution >= 0.6 is 23.2 Å². The van der Waals surface area contributed by atoms with Gasteiger partial charge in [-0.3, -0.25) is 4.79 Å². The minimum Gasteiger partial charge on any atom is -0.495 e. The highest BCUT2D eigenvalue weighted by molar-refractivity contribution is 6.38. The molecule has 1 amide bonds. The minimum atomic E-state index is -0.0174. The van der Waals surface area contributed by atoms with E-state index in [-0.39, 0.29) is 5.91 Å². The molecule has 0 atom stereocenters. The van der Waals surface area contributed by atoms with Gasteiger partial charge in [-0.1, -0.05) is 48.3 Å². The van der Waals surface area contributed by atoms with Crippen LogP contribution < -0.4 is 9.64 Å². The van der Waals surface area contributed by atoms with Crippen LogP contribution in [0.1, 0.15) is 24.5 Å². The lowest BCUT2D eigenvalue weighted by atomic mass is 10.0. The zero-order valence-electron chi connectivity index (χ0n) is 13.5. The van der Waals surface area contributed by atoms with Gasteiger partial charge in [-0.05, 0) is 30.7 Å². The molecule has 0 bridgehead atoms. The van der Waals surface area contributed by atoms with Gasteiger partial charge in [-0.2, -0.15) is 0 Å². The topological polar surface area (TPSA) is 29.5 Å². The molecule has 0 spiro atoms. The number of hydrogen-bond acceptors (Lipinski definition) is 2. The molecule has 0 N–H and O–H groups in total. The highest BCUT2D eigenvalue weighted by Crippen LogP contribution is 2.40. The number of fused-ring (bicyclic) bond motifs is 1. The molecular formula is C19H17Cl2NO2. The zero-order valence-corrected chi connectivity index (χ0v) is 15.0. The fourth-order valence-electron chi connectivity index (χ4n) is 2.95. The van der Waals surface area contributed by atoms with Gasteiger partial charge in [0.1, 0.15) is 5.75 Å². The van der Waals surface area contributed by atoms with Crippen LogP contribution in [0, 0.1) is 0 Å². The third-order valence-corrected chi connectivity index (χ3v) is 4.45. The van der Waals surface area contributed by atoms with Crippen LogP contribution in [0.3, 0.4) is 0 Å². The van der Waals surface area contributed by atoms with E-state index < -0.39 is 0 Å². The van der Waals surface area contributed by atoms with Gasteiger partial charge in [-0.15, -0.1) is 0 Å². The highest BCUT2D eigenvalue weighted by atomic mass is 35.5. The molecule has 0 aromatic heterocycles. The van der Waals surface area contributed by atoms with Crippen LogP contribution in [0.5, 0.6) is 5.75 Å². The predicted molar refractivity (Wildman–Crippen MR) is 100.0 cm³/mol. The first-order valence-electron chi connectivity index (χ1n) is 7.72. The van der Waals surface area contributed by atoms with Crippen molar-refractivity contribution in [3.8, 4) is 5.75 Å². The molecule has 1 aliphatic rings. The molecule has 3 nitrogen and oxygen atoms in total. The number of nitrogens with zero attached hydrogens (tertiary/aromatic N) is 1. The number of methoxy groups -OCH3 is 1. The maximum atomic E-state index is 12.9. The second-order valence-electron chi connectivity index (χ2n) is 5.54. The molecule has 124 valence electrons. The second kappa shape index (κ2) is 6.88. The molecule has 0 saturated carbocycles. The van der Waals surface area contributed by atoms with Crippen molar-refractivity contribution in [3.05, 3.63) is 57.6 Å². The average Bonchev–Trinajstić information content (AvgIpc) is 2.81. The van der Waals surface area contributed by atoms with Gasteiger partial charge in [0.05, 0.1) is 17.8 Å². The lowest BCUT2D eigenvalue weighted by molar-refractivity contribution is -0.113. The van der Waals surface area contributed by atoms with E-state index in [1.165, 1.54) is 0 Å². The Morgan fingerprint density at radius 1 is 1.21 bits per heavy atom. The molecule has 2 aromatic rings. The van der Waals surface area contributed by atoms with Crippen molar-refractivity contribution in [1.82, 2.24) is 0 Å². The van der Waals surface area contributed by atoms with Crippen LogP contribution in [0.4, 0.5) is 5.69 Å². The lowest BCUT2D eigenvalue weighted by Crippen LogP contribution is -2.26. The van der Waals surface area contributed by atoms with Crippen molar-refractivity contribution >= 4 is 46.4 Å². The van der Waals surface area contributed by atoms with E-state index in [1.807, 2.05) is 24.3 Å². The predicted octanol–water partition coefficient (Wildman–Crippen LogP) is 5.30. The van der Waals surface area contributed by atoms with Crippen LogP contribution in [0.25, 0.3) is 11.6 Å². The number of amides is 1. The number of ether oxygens (including phenoxy) is 1. The molecule has 3 rings (SSSR count). The van der Waals surface area contributed by atoms with E-state index in [0.29, 0.717) is 33.5 Å². The van der Waals surface area contributed by atoms with Crippen LogP contribution in [0.2, 0.25) is 10.0 Å². The van der Waals surface area contributed by atoms with E-state index in [2.05, 4.69) is 6.92 Å². The van der Waals surface area contributed by atoms with E-state index in [9.17, 15) is 4.79 Å². The number of carbonyl (C=O) groups excluding carboxylic acids is 1. The first-order valence-corrected chi connectivity index (χ1v) is 8.48. The summed E-state index contributed by atoms with van der Waals surface area (Å²) < 4.78 is 5.38. The highest BCUT2D eigenvalue weighted by Gasteiger charge is 2.31. The molecule has 0 aliphatic carbocycles. The van der Waals surface area contributed by atoms with Gasteiger partial charge in [0, 0.05) is 28.3 Å². The molecule has 0 saturated heterocycles. The fraction of sp³-hybridized carbons (Fsp3) is 0.211. The maximum Gasteiger partial charge on any atom is 0.258 e. The summed E-state index contributed by atoms with van der Waals surface area (Å²) >= 11 is 12.3. The van der Waals surface area contributed by atoms with E-state index in [4.69, 9.17) is 27.9 Å². The molecule has 2 aromatic carbocycles. The average molecular weight is 362 g/mol. The van der Waals surface area contributed by atoms with Gasteiger partial charge in [0.25, 0.3) is 5.91 Å². The number of halogens is 2. The van der Waals surface area contributed by atoms with Crippen molar-refractivity contribution in [3.63, 3.8) is 0 Å². The Kier molecular flexibility index (Phi) is 4.83. The normalized spacial score (nSPS) is 15.1. The zero-order chi connectivity index (χ0) is 17.3. The molecule has 1 heterocycles. The summed E-state index contributed by atoms with van der Waals surface area (Å²) in [6, 6.07) is 11.2. The quantitative estimate of drug-likeness (QED) is 0.691. The summed E-state index contributed by atoms with van der Waals surface area (Å²) in [5, 5.41) is 0.915. The van der Waals surface area contributed by atoms with Gasteiger partial charge in [-0.25, -0.2) is 0 Å². The van der Waals surface area contributed by atoms with Gasteiger partial charge < -0.3 is 9.64 Å². The SMILES string of the molecule is CCCN1C(=O)/C(=C\c2cc(Cl)cc(Cl)c2OC)c2ccccc21. The fourth-order valence-corrected chi connectivity index (χ4v) is 3.54. The third-order valence-electron chi connectivity index (χ3n) is 3.95. The minimum absolute atomic E-state index is 0.0174. The number of benzene rings is 2. The molecule has 5 heteroatoms. The van der Waals surface area contributed by atoms with Gasteiger partial charge >= 0.3 is 0 Å². The van der Waals surface area contributed by atoms with Crippen molar-refractivity contribution in [2.75, 3.05) is 18.6 Å². The van der Waals surface area contributed by atoms with E-state index >= 15 is 0 Å². The summed E-state index contributed by atoms with van der Waals surface area (Å²) in [4.78, 5) is 14.7. The van der Waals surface area contributed by atoms with Crippen molar-refractivity contribution in [1.29, 1.82) is 0 Å². The number of anilines is 1. The van der Waals surface area contributed by atoms with Crippen LogP contribution in [-0.2, 0) is 4.79 Å². The number of rotatable bonds is 4. The summed E-state index contributed by atoms with van der Waals surface area (Å²) in [7, 11) is 1.55. The summed E-state index contributed by atoms with van der Waals surface area (Å²) in [5.74, 6) is 0.490. The Balaban J connectivity index is 2.16. The smallest absolute Gasteiger partial charge is 0.258 e. The standard InChI is InChI=1S/C19H17Cl2NO2/c1-3-8-22-17-7-5-4-6-14(17)15(19(22)23)10-12-9-13(20)11-16(21)18(12)24-2/h4-7,9-11H,3,8H2,1-2H3/b15-10-. The first-order chi connectivity index (χ1) is 11.6. The van der Waals surface area contributed by atoms with Crippen LogP contribution in [0.15, 0.2) is 36.4 Å². The molecular weight excluding hydrogens is 345 g/mol. The lowest BCUT2D eigenvalue weighted by Gasteiger charge is -2.15. The Labute approximate surface area is 151 Å². The van der Waals surface area contributed by atoms with Crippen molar-refractivity contribution in [2.45, 2.75) is 13.3 Å². The number of para-hydroxylation sites is 1. The molecule has 24 heavy (non-hydrogen) atoms. The van der Waals surface area contributed by atoms with Gasteiger partial charge in [0.15, 0.2) is 0 Å². The Hall–Kier alpha value is -1.97. The van der Waals surface area contributed by atoms with E-state index in [1.54, 1.807) is 30.2 Å².